The molecule has 0 amide bonds. The van der Waals surface area contributed by atoms with Crippen LogP contribution in [0.5, 0.6) is 0 Å². The lowest BCUT2D eigenvalue weighted by atomic mass is 9.63. The third-order valence-corrected chi connectivity index (χ3v) is 7.87. The van der Waals surface area contributed by atoms with Crippen LogP contribution in [0.1, 0.15) is 38.7 Å². The topological polar surface area (TPSA) is 85.2 Å². The van der Waals surface area contributed by atoms with E-state index in [1.165, 1.54) is 6.08 Å². The zero-order chi connectivity index (χ0) is 20.6. The number of rotatable bonds is 1. The number of halogens is 1. The zero-order valence-corrected chi connectivity index (χ0v) is 17.0. The molecule has 7 heteroatoms. The maximum atomic E-state index is 13.1. The van der Waals surface area contributed by atoms with E-state index in [1.807, 2.05) is 25.1 Å². The zero-order valence-electron chi connectivity index (χ0n) is 16.2. The fraction of sp³-hybridized carbons (Fsp3) is 0.500. The SMILES string of the molecule is C[C@H]1CCC2C(OC(=O)C23CC(c2ccccc2Cl)=NO3)[C@]2(C)C(=O)C=C[C@@]12O. The van der Waals surface area contributed by atoms with Crippen molar-refractivity contribution >= 4 is 29.1 Å². The van der Waals surface area contributed by atoms with E-state index in [2.05, 4.69) is 5.16 Å². The lowest BCUT2D eigenvalue weighted by molar-refractivity contribution is -0.169. The summed E-state index contributed by atoms with van der Waals surface area (Å²) in [5, 5.41) is 16.2. The maximum absolute atomic E-state index is 13.1. The number of benzene rings is 1. The molecule has 0 aromatic heterocycles. The minimum absolute atomic E-state index is 0.165. The van der Waals surface area contributed by atoms with Crippen LogP contribution in [0.2, 0.25) is 5.02 Å². The van der Waals surface area contributed by atoms with Crippen molar-refractivity contribution in [3.63, 3.8) is 0 Å². The Morgan fingerprint density at radius 2 is 2.00 bits per heavy atom. The molecule has 1 aromatic rings. The second-order valence-corrected chi connectivity index (χ2v) is 9.22. The third-order valence-electron chi connectivity index (χ3n) is 7.54. The third kappa shape index (κ3) is 2.19. The molecule has 1 N–H and O–H groups in total. The van der Waals surface area contributed by atoms with Crippen LogP contribution in [0.3, 0.4) is 0 Å². The van der Waals surface area contributed by atoms with E-state index >= 15 is 0 Å². The summed E-state index contributed by atoms with van der Waals surface area (Å²) in [6.07, 6.45) is 3.65. The van der Waals surface area contributed by atoms with Gasteiger partial charge in [-0.1, -0.05) is 41.9 Å². The van der Waals surface area contributed by atoms with Gasteiger partial charge in [0.1, 0.15) is 17.1 Å². The van der Waals surface area contributed by atoms with Crippen LogP contribution < -0.4 is 0 Å². The van der Waals surface area contributed by atoms with Crippen molar-refractivity contribution in [3.8, 4) is 0 Å². The van der Waals surface area contributed by atoms with Gasteiger partial charge in [-0.05, 0) is 43.9 Å². The summed E-state index contributed by atoms with van der Waals surface area (Å²) in [6.45, 7) is 3.63. The van der Waals surface area contributed by atoms with Gasteiger partial charge < -0.3 is 14.7 Å². The second-order valence-electron chi connectivity index (χ2n) is 8.81. The normalized spacial score (nSPS) is 42.9. The Labute approximate surface area is 173 Å². The molecule has 2 fully saturated rings. The van der Waals surface area contributed by atoms with Crippen LogP contribution in [0.4, 0.5) is 0 Å². The monoisotopic (exact) mass is 415 g/mol. The molecule has 2 aliphatic carbocycles. The molecule has 3 unspecified atom stereocenters. The minimum Gasteiger partial charge on any atom is -0.458 e. The van der Waals surface area contributed by atoms with E-state index in [4.69, 9.17) is 21.2 Å². The molecular formula is C22H22ClNO5. The molecular weight excluding hydrogens is 394 g/mol. The fourth-order valence-corrected chi connectivity index (χ4v) is 5.88. The minimum atomic E-state index is -1.36. The van der Waals surface area contributed by atoms with Gasteiger partial charge in [-0.25, -0.2) is 4.79 Å². The van der Waals surface area contributed by atoms with Crippen molar-refractivity contribution in [1.29, 1.82) is 0 Å². The summed E-state index contributed by atoms with van der Waals surface area (Å²) in [5.74, 6) is -1.32. The lowest BCUT2D eigenvalue weighted by Gasteiger charge is -2.43. The summed E-state index contributed by atoms with van der Waals surface area (Å²) in [6, 6.07) is 7.27. The summed E-state index contributed by atoms with van der Waals surface area (Å²) >= 11 is 6.31. The molecule has 2 heterocycles. The van der Waals surface area contributed by atoms with Gasteiger partial charge in [0.15, 0.2) is 5.78 Å². The Balaban J connectivity index is 1.55. The van der Waals surface area contributed by atoms with E-state index < -0.39 is 34.6 Å². The van der Waals surface area contributed by atoms with Crippen LogP contribution in [0.25, 0.3) is 0 Å². The highest BCUT2D eigenvalue weighted by molar-refractivity contribution is 6.34. The Kier molecular flexibility index (Phi) is 3.84. The standard InChI is InChI=1S/C22H22ClNO5/c1-12-7-8-14-18(20(2)17(25)9-10-22(12,20)27)28-19(26)21(14)11-16(24-29-21)13-5-3-4-6-15(13)23/h3-6,9-10,12,14,18,27H,7-8,11H2,1-2H3/t12-,14?,18?,20-,21?,22+/m0/s1. The number of nitrogens with zero attached hydrogens (tertiary/aromatic N) is 1. The van der Waals surface area contributed by atoms with Crippen LogP contribution >= 0.6 is 11.6 Å². The van der Waals surface area contributed by atoms with Gasteiger partial charge in [-0.15, -0.1) is 0 Å². The molecule has 1 spiro atoms. The van der Waals surface area contributed by atoms with Gasteiger partial charge in [0.05, 0.1) is 11.6 Å². The van der Waals surface area contributed by atoms with Gasteiger partial charge >= 0.3 is 5.97 Å². The van der Waals surface area contributed by atoms with Crippen LogP contribution in [-0.2, 0) is 19.2 Å². The molecule has 2 aliphatic heterocycles. The van der Waals surface area contributed by atoms with Crippen molar-refractivity contribution in [1.82, 2.24) is 0 Å². The van der Waals surface area contributed by atoms with E-state index in [-0.39, 0.29) is 18.1 Å². The number of oxime groups is 1. The van der Waals surface area contributed by atoms with Crippen molar-refractivity contribution in [2.24, 2.45) is 22.4 Å². The summed E-state index contributed by atoms with van der Waals surface area (Å²) < 4.78 is 5.81. The van der Waals surface area contributed by atoms with Crippen LogP contribution in [0, 0.1) is 17.3 Å². The van der Waals surface area contributed by atoms with Gasteiger partial charge in [0.25, 0.3) is 0 Å². The first-order valence-electron chi connectivity index (χ1n) is 9.91. The second kappa shape index (κ2) is 5.92. The lowest BCUT2D eigenvalue weighted by Crippen LogP contribution is -2.57. The Morgan fingerprint density at radius 3 is 2.76 bits per heavy atom. The first-order valence-corrected chi connectivity index (χ1v) is 10.3. The molecule has 1 aromatic carbocycles. The number of esters is 1. The largest absolute Gasteiger partial charge is 0.458 e. The molecule has 6 nitrogen and oxygen atoms in total. The quantitative estimate of drug-likeness (QED) is 0.712. The number of carbonyl (C=O) groups excluding carboxylic acids is 2. The molecule has 4 aliphatic rings. The van der Waals surface area contributed by atoms with Crippen molar-refractivity contribution in [3.05, 3.63) is 47.0 Å². The molecule has 0 bridgehead atoms. The Morgan fingerprint density at radius 1 is 1.24 bits per heavy atom. The van der Waals surface area contributed by atoms with Gasteiger partial charge in [0.2, 0.25) is 5.60 Å². The molecule has 29 heavy (non-hydrogen) atoms. The first-order chi connectivity index (χ1) is 13.7. The number of fused-ring (bicyclic) bond motifs is 4. The molecule has 5 rings (SSSR count). The first kappa shape index (κ1) is 18.8. The molecule has 0 radical (unpaired) electrons. The van der Waals surface area contributed by atoms with Crippen molar-refractivity contribution in [2.75, 3.05) is 0 Å². The number of ether oxygens (including phenoxy) is 1. The maximum Gasteiger partial charge on any atom is 0.354 e. The number of carbonyl (C=O) groups is 2. The average Bonchev–Trinajstić information content (AvgIpc) is 3.31. The Hall–Kier alpha value is -2.18. The van der Waals surface area contributed by atoms with Crippen molar-refractivity contribution in [2.45, 2.75) is 50.4 Å². The van der Waals surface area contributed by atoms with Crippen molar-refractivity contribution < 1.29 is 24.3 Å². The number of hydrogen-bond acceptors (Lipinski definition) is 6. The van der Waals surface area contributed by atoms with Gasteiger partial charge in [-0.3, -0.25) is 4.79 Å². The van der Waals surface area contributed by atoms with E-state index in [0.29, 0.717) is 29.1 Å². The van der Waals surface area contributed by atoms with Gasteiger partial charge in [0, 0.05) is 17.0 Å². The van der Waals surface area contributed by atoms with Crippen LogP contribution in [-0.4, -0.2) is 39.9 Å². The highest BCUT2D eigenvalue weighted by Gasteiger charge is 2.73. The molecule has 6 atom stereocenters. The number of ketones is 1. The average molecular weight is 416 g/mol. The highest BCUT2D eigenvalue weighted by Crippen LogP contribution is 2.59. The summed E-state index contributed by atoms with van der Waals surface area (Å²) in [7, 11) is 0. The Bertz CT molecular complexity index is 989. The van der Waals surface area contributed by atoms with E-state index in [0.717, 1.165) is 0 Å². The van der Waals surface area contributed by atoms with E-state index in [1.54, 1.807) is 19.1 Å². The molecule has 1 saturated carbocycles. The highest BCUT2D eigenvalue weighted by atomic mass is 35.5. The van der Waals surface area contributed by atoms with Gasteiger partial charge in [-0.2, -0.15) is 0 Å². The number of hydrogen-bond donors (Lipinski definition) is 1. The number of allylic oxidation sites excluding steroid dienone is 1. The molecule has 152 valence electrons. The predicted molar refractivity (Wildman–Crippen MR) is 105 cm³/mol. The fourth-order valence-electron chi connectivity index (χ4n) is 5.64. The van der Waals surface area contributed by atoms with E-state index in [9.17, 15) is 14.7 Å². The predicted octanol–water partition coefficient (Wildman–Crippen LogP) is 3.05. The molecule has 1 saturated heterocycles. The smallest absolute Gasteiger partial charge is 0.354 e. The number of aliphatic hydroxyl groups is 1. The van der Waals surface area contributed by atoms with Crippen LogP contribution in [0.15, 0.2) is 41.6 Å². The summed E-state index contributed by atoms with van der Waals surface area (Å²) in [5.41, 5.74) is -2.60. The summed E-state index contributed by atoms with van der Waals surface area (Å²) in [4.78, 5) is 31.8.